The van der Waals surface area contributed by atoms with Crippen molar-refractivity contribution in [3.05, 3.63) is 23.9 Å². The fourth-order valence-electron chi connectivity index (χ4n) is 2.49. The van der Waals surface area contributed by atoms with Gasteiger partial charge < -0.3 is 4.74 Å². The van der Waals surface area contributed by atoms with Gasteiger partial charge in [-0.05, 0) is 24.8 Å². The second kappa shape index (κ2) is 3.84. The zero-order valence-electron chi connectivity index (χ0n) is 9.79. The summed E-state index contributed by atoms with van der Waals surface area (Å²) < 4.78 is 5.36. The topological polar surface area (TPSA) is 22.1 Å². The molecule has 2 heteroatoms. The molecule has 0 saturated heterocycles. The van der Waals surface area contributed by atoms with Gasteiger partial charge in [-0.2, -0.15) is 0 Å². The van der Waals surface area contributed by atoms with E-state index in [4.69, 9.17) is 4.74 Å². The monoisotopic (exact) mass is 205 g/mol. The van der Waals surface area contributed by atoms with Crippen molar-refractivity contribution in [2.45, 2.75) is 38.5 Å². The molecule has 1 heterocycles. The molecule has 0 N–H and O–H groups in total. The Kier molecular flexibility index (Phi) is 2.68. The van der Waals surface area contributed by atoms with Gasteiger partial charge >= 0.3 is 0 Å². The third-order valence-electron chi connectivity index (χ3n) is 3.85. The molecule has 1 aliphatic rings. The average molecular weight is 205 g/mol. The Bertz CT molecular complexity index is 344. The predicted molar refractivity (Wildman–Crippen MR) is 61.2 cm³/mol. The van der Waals surface area contributed by atoms with E-state index in [-0.39, 0.29) is 0 Å². The summed E-state index contributed by atoms with van der Waals surface area (Å²) in [6.45, 7) is 4.59. The van der Waals surface area contributed by atoms with Crippen LogP contribution in [-0.4, -0.2) is 12.1 Å². The fourth-order valence-corrected chi connectivity index (χ4v) is 2.49. The summed E-state index contributed by atoms with van der Waals surface area (Å²) in [5.74, 6) is 1.53. The molecule has 1 unspecified atom stereocenters. The summed E-state index contributed by atoms with van der Waals surface area (Å²) in [5, 5.41) is 0. The predicted octanol–water partition coefficient (Wildman–Crippen LogP) is 3.17. The molecular formula is C13H19NO. The Morgan fingerprint density at radius 2 is 2.27 bits per heavy atom. The van der Waals surface area contributed by atoms with Gasteiger partial charge in [0, 0.05) is 17.2 Å². The van der Waals surface area contributed by atoms with Crippen molar-refractivity contribution >= 4 is 0 Å². The zero-order valence-corrected chi connectivity index (χ0v) is 9.79. The van der Waals surface area contributed by atoms with Gasteiger partial charge in [0.1, 0.15) is 0 Å². The maximum absolute atomic E-state index is 5.36. The van der Waals surface area contributed by atoms with Crippen LogP contribution in [0.4, 0.5) is 0 Å². The number of pyridine rings is 1. The van der Waals surface area contributed by atoms with Gasteiger partial charge in [0.15, 0.2) is 0 Å². The van der Waals surface area contributed by atoms with Crippen LogP contribution in [-0.2, 0) is 5.41 Å². The van der Waals surface area contributed by atoms with E-state index in [1.807, 2.05) is 6.07 Å². The zero-order chi connectivity index (χ0) is 10.9. The minimum atomic E-state index is 0.356. The number of nitrogens with zero attached hydrogens (tertiary/aromatic N) is 1. The summed E-state index contributed by atoms with van der Waals surface area (Å²) in [6, 6.07) is 4.19. The molecule has 0 radical (unpaired) electrons. The molecule has 2 rings (SSSR count). The minimum absolute atomic E-state index is 0.356. The molecule has 1 aromatic rings. The Labute approximate surface area is 91.7 Å². The van der Waals surface area contributed by atoms with E-state index < -0.39 is 0 Å². The second-order valence-corrected chi connectivity index (χ2v) is 4.53. The highest BCUT2D eigenvalue weighted by molar-refractivity contribution is 5.39. The molecule has 0 amide bonds. The third kappa shape index (κ3) is 1.62. The number of rotatable bonds is 4. The first-order valence-electron chi connectivity index (χ1n) is 5.74. The maximum atomic E-state index is 5.36. The summed E-state index contributed by atoms with van der Waals surface area (Å²) in [6.07, 6.45) is 5.58. The summed E-state index contributed by atoms with van der Waals surface area (Å²) in [4.78, 5) is 4.30. The van der Waals surface area contributed by atoms with Crippen molar-refractivity contribution in [2.75, 3.05) is 7.11 Å². The summed E-state index contributed by atoms with van der Waals surface area (Å²) >= 11 is 0. The number of ether oxygens (including phenoxy) is 1. The Hall–Kier alpha value is -1.05. The van der Waals surface area contributed by atoms with Crippen LogP contribution in [0.3, 0.4) is 0 Å². The van der Waals surface area contributed by atoms with Crippen molar-refractivity contribution in [1.29, 1.82) is 0 Å². The highest BCUT2D eigenvalue weighted by atomic mass is 16.5. The van der Waals surface area contributed by atoms with Gasteiger partial charge in [-0.1, -0.05) is 26.3 Å². The van der Waals surface area contributed by atoms with Crippen LogP contribution in [0.25, 0.3) is 0 Å². The first-order valence-corrected chi connectivity index (χ1v) is 5.74. The largest absolute Gasteiger partial charge is 0.481 e. The maximum Gasteiger partial charge on any atom is 0.216 e. The first-order chi connectivity index (χ1) is 7.24. The normalized spacial score (nSPS) is 19.7. The quantitative estimate of drug-likeness (QED) is 0.753. The van der Waals surface area contributed by atoms with Gasteiger partial charge in [0.2, 0.25) is 5.88 Å². The lowest BCUT2D eigenvalue weighted by Crippen LogP contribution is -2.18. The second-order valence-electron chi connectivity index (χ2n) is 4.53. The molecular weight excluding hydrogens is 186 g/mol. The van der Waals surface area contributed by atoms with Crippen molar-refractivity contribution < 1.29 is 4.74 Å². The molecule has 0 spiro atoms. The molecule has 82 valence electrons. The van der Waals surface area contributed by atoms with Crippen LogP contribution in [0.1, 0.15) is 38.7 Å². The van der Waals surface area contributed by atoms with Gasteiger partial charge in [-0.25, -0.2) is 4.98 Å². The lowest BCUT2D eigenvalue weighted by Gasteiger charge is -2.23. The van der Waals surface area contributed by atoms with Crippen molar-refractivity contribution in [2.24, 2.45) is 5.92 Å². The lowest BCUT2D eigenvalue weighted by molar-refractivity contribution is 0.364. The minimum Gasteiger partial charge on any atom is -0.481 e. The SMILES string of the molecule is CCC(C)C1(c2cccnc2OC)CC1. The Morgan fingerprint density at radius 3 is 2.80 bits per heavy atom. The standard InChI is InChI=1S/C13H19NO/c1-4-10(2)13(7-8-13)11-6-5-9-14-12(11)15-3/h5-6,9-10H,4,7-8H2,1-3H3. The number of hydrogen-bond acceptors (Lipinski definition) is 2. The number of aromatic nitrogens is 1. The van der Waals surface area contributed by atoms with Crippen molar-refractivity contribution in [1.82, 2.24) is 4.98 Å². The smallest absolute Gasteiger partial charge is 0.216 e. The van der Waals surface area contributed by atoms with Crippen molar-refractivity contribution in [3.8, 4) is 5.88 Å². The van der Waals surface area contributed by atoms with E-state index in [0.717, 1.165) is 11.8 Å². The van der Waals surface area contributed by atoms with E-state index in [2.05, 4.69) is 24.9 Å². The van der Waals surface area contributed by atoms with Gasteiger partial charge in [0.05, 0.1) is 7.11 Å². The molecule has 2 nitrogen and oxygen atoms in total. The Morgan fingerprint density at radius 1 is 1.53 bits per heavy atom. The van der Waals surface area contributed by atoms with E-state index in [0.29, 0.717) is 5.41 Å². The summed E-state index contributed by atoms with van der Waals surface area (Å²) in [7, 11) is 1.71. The third-order valence-corrected chi connectivity index (χ3v) is 3.85. The Balaban J connectivity index is 2.36. The molecule has 0 aromatic carbocycles. The van der Waals surface area contributed by atoms with E-state index >= 15 is 0 Å². The molecule has 0 aliphatic heterocycles. The molecule has 0 bridgehead atoms. The molecule has 1 saturated carbocycles. The fraction of sp³-hybridized carbons (Fsp3) is 0.615. The summed E-state index contributed by atoms with van der Waals surface area (Å²) in [5.41, 5.74) is 1.66. The van der Waals surface area contributed by atoms with Crippen LogP contribution >= 0.6 is 0 Å². The van der Waals surface area contributed by atoms with Crippen LogP contribution < -0.4 is 4.74 Å². The lowest BCUT2D eigenvalue weighted by atomic mass is 9.83. The van der Waals surface area contributed by atoms with Gasteiger partial charge in [-0.3, -0.25) is 0 Å². The molecule has 1 aliphatic carbocycles. The highest BCUT2D eigenvalue weighted by Crippen LogP contribution is 2.56. The van der Waals surface area contributed by atoms with Crippen LogP contribution in [0, 0.1) is 5.92 Å². The van der Waals surface area contributed by atoms with Crippen LogP contribution in [0.15, 0.2) is 18.3 Å². The molecule has 1 atom stereocenters. The van der Waals surface area contributed by atoms with Crippen molar-refractivity contribution in [3.63, 3.8) is 0 Å². The van der Waals surface area contributed by atoms with Crippen LogP contribution in [0.5, 0.6) is 5.88 Å². The van der Waals surface area contributed by atoms with E-state index in [1.165, 1.54) is 24.8 Å². The average Bonchev–Trinajstić information content (AvgIpc) is 3.09. The van der Waals surface area contributed by atoms with E-state index in [9.17, 15) is 0 Å². The number of hydrogen-bond donors (Lipinski definition) is 0. The van der Waals surface area contributed by atoms with Gasteiger partial charge in [-0.15, -0.1) is 0 Å². The van der Waals surface area contributed by atoms with E-state index in [1.54, 1.807) is 13.3 Å². The molecule has 1 aromatic heterocycles. The van der Waals surface area contributed by atoms with Gasteiger partial charge in [0.25, 0.3) is 0 Å². The van der Waals surface area contributed by atoms with Crippen LogP contribution in [0.2, 0.25) is 0 Å². The highest BCUT2D eigenvalue weighted by Gasteiger charge is 2.49. The number of methoxy groups -OCH3 is 1. The molecule has 15 heavy (non-hydrogen) atoms. The first kappa shape index (κ1) is 10.5. The molecule has 1 fully saturated rings.